The molecule has 0 aromatic heterocycles. The molecule has 7 heteroatoms. The first kappa shape index (κ1) is 17.9. The molecule has 5 nitrogen and oxygen atoms in total. The normalized spacial score (nSPS) is 12.9. The molecule has 0 heterocycles. The van der Waals surface area contributed by atoms with Gasteiger partial charge in [0.25, 0.3) is 0 Å². The minimum absolute atomic E-state index is 0.0125. The van der Waals surface area contributed by atoms with Crippen LogP contribution in [0.15, 0.2) is 25.3 Å². The molecule has 0 aliphatic heterocycles. The van der Waals surface area contributed by atoms with Gasteiger partial charge in [-0.25, -0.2) is 0 Å². The fourth-order valence-corrected chi connectivity index (χ4v) is 1.57. The summed E-state index contributed by atoms with van der Waals surface area (Å²) in [6.45, 7) is 6.74. The van der Waals surface area contributed by atoms with Crippen molar-refractivity contribution in [3.05, 3.63) is 25.3 Å². The van der Waals surface area contributed by atoms with Gasteiger partial charge in [0, 0.05) is 5.75 Å². The van der Waals surface area contributed by atoms with Gasteiger partial charge >= 0.3 is 5.97 Å². The first-order chi connectivity index (χ1) is 7.49. The maximum atomic E-state index is 10.9. The van der Waals surface area contributed by atoms with Gasteiger partial charge in [-0.2, -0.15) is 0 Å². The second kappa shape index (κ2) is 12.6. The third kappa shape index (κ3) is 13.5. The molecule has 0 aromatic carbocycles. The molecule has 0 saturated heterocycles. The zero-order chi connectivity index (χ0) is 13.0. The number of carboxylic acids is 1. The maximum absolute atomic E-state index is 10.9. The van der Waals surface area contributed by atoms with Crippen LogP contribution in [0.5, 0.6) is 0 Å². The van der Waals surface area contributed by atoms with Crippen LogP contribution in [0.4, 0.5) is 0 Å². The van der Waals surface area contributed by atoms with Crippen molar-refractivity contribution in [3.8, 4) is 0 Å². The second-order valence-electron chi connectivity index (χ2n) is 2.59. The van der Waals surface area contributed by atoms with Gasteiger partial charge in [0.05, 0.1) is 0 Å². The van der Waals surface area contributed by atoms with Gasteiger partial charge in [-0.15, -0.1) is 6.58 Å². The Balaban J connectivity index is 0. The Morgan fingerprint density at radius 1 is 1.56 bits per heavy atom. The van der Waals surface area contributed by atoms with E-state index in [-0.39, 0.29) is 5.75 Å². The van der Waals surface area contributed by atoms with Gasteiger partial charge in [0.1, 0.15) is 17.5 Å². The van der Waals surface area contributed by atoms with Crippen molar-refractivity contribution in [1.29, 1.82) is 0 Å². The quantitative estimate of drug-likeness (QED) is 0.356. The number of carboxylic acid groups (broad SMARTS) is 1. The highest BCUT2D eigenvalue weighted by atomic mass is 32.2. The van der Waals surface area contributed by atoms with Gasteiger partial charge in [0.2, 0.25) is 0 Å². The van der Waals surface area contributed by atoms with E-state index in [1.54, 1.807) is 6.08 Å². The summed E-state index contributed by atoms with van der Waals surface area (Å²) in [5.41, 5.74) is 5.12. The Bertz CT molecular complexity index is 214. The van der Waals surface area contributed by atoms with Crippen LogP contribution in [0.3, 0.4) is 0 Å². The Morgan fingerprint density at radius 3 is 2.38 bits per heavy atom. The Hall–Kier alpha value is -0.470. The van der Waals surface area contributed by atoms with E-state index in [0.29, 0.717) is 11.5 Å². The highest BCUT2D eigenvalue weighted by Crippen LogP contribution is 1.93. The fourth-order valence-electron chi connectivity index (χ4n) is 0.524. The van der Waals surface area contributed by atoms with E-state index < -0.39 is 23.2 Å². The number of hydrogen-bond acceptors (Lipinski definition) is 5. The summed E-state index contributed by atoms with van der Waals surface area (Å²) in [5, 5.41) is 8.31. The van der Waals surface area contributed by atoms with Crippen molar-refractivity contribution in [2.75, 3.05) is 17.3 Å². The summed E-state index contributed by atoms with van der Waals surface area (Å²) >= 11 is -0.411. The van der Waals surface area contributed by atoms with E-state index in [1.165, 1.54) is 6.08 Å². The Labute approximate surface area is 103 Å². The van der Waals surface area contributed by atoms with E-state index in [1.807, 2.05) is 0 Å². The predicted molar refractivity (Wildman–Crippen MR) is 69.0 cm³/mol. The molecule has 0 bridgehead atoms. The van der Waals surface area contributed by atoms with E-state index in [4.69, 9.17) is 15.4 Å². The highest BCUT2D eigenvalue weighted by Gasteiger charge is 2.17. The molecule has 0 aromatic rings. The third-order valence-corrected chi connectivity index (χ3v) is 2.90. The molecule has 0 spiro atoms. The van der Waals surface area contributed by atoms with E-state index in [9.17, 15) is 9.35 Å². The Morgan fingerprint density at radius 2 is 2.12 bits per heavy atom. The Kier molecular flexibility index (Phi) is 14.1. The van der Waals surface area contributed by atoms with Gasteiger partial charge in [0.15, 0.2) is 0 Å². The molecule has 0 aliphatic carbocycles. The zero-order valence-electron chi connectivity index (χ0n) is 8.87. The van der Waals surface area contributed by atoms with Crippen LogP contribution in [-0.4, -0.2) is 43.5 Å². The summed E-state index contributed by atoms with van der Waals surface area (Å²) < 4.78 is 18.8. The molecular weight excluding hydrogens is 250 g/mol. The first-order valence-electron chi connectivity index (χ1n) is 4.31. The largest absolute Gasteiger partial charge is 0.616 e. The SMILES string of the molecule is C=CCSO.C=CC[S+]([O-])C[C@H](N)C(=O)O. The third-order valence-electron chi connectivity index (χ3n) is 1.18. The number of nitrogens with two attached hydrogens (primary N) is 1. The molecule has 0 fully saturated rings. The van der Waals surface area contributed by atoms with Crippen LogP contribution >= 0.6 is 12.0 Å². The minimum Gasteiger partial charge on any atom is -0.616 e. The molecule has 0 radical (unpaired) electrons. The van der Waals surface area contributed by atoms with Crippen molar-refractivity contribution >= 4 is 29.2 Å². The average Bonchev–Trinajstić information content (AvgIpc) is 2.20. The van der Waals surface area contributed by atoms with E-state index in [0.717, 1.165) is 12.0 Å². The van der Waals surface area contributed by atoms with Crippen molar-refractivity contribution in [3.63, 3.8) is 0 Å². The average molecular weight is 267 g/mol. The van der Waals surface area contributed by atoms with E-state index in [2.05, 4.69) is 13.2 Å². The lowest BCUT2D eigenvalue weighted by molar-refractivity contribution is -0.137. The van der Waals surface area contributed by atoms with Crippen LogP contribution < -0.4 is 5.73 Å². The highest BCUT2D eigenvalue weighted by molar-refractivity contribution is 7.93. The van der Waals surface area contributed by atoms with Crippen LogP contribution in [-0.2, 0) is 16.0 Å². The molecule has 2 atom stereocenters. The van der Waals surface area contributed by atoms with Gasteiger partial charge in [-0.3, -0.25) is 4.79 Å². The lowest BCUT2D eigenvalue weighted by Crippen LogP contribution is -2.37. The lowest BCUT2D eigenvalue weighted by atomic mass is 10.4. The number of carbonyl (C=O) groups is 1. The molecule has 1 unspecified atom stereocenters. The molecule has 16 heavy (non-hydrogen) atoms. The monoisotopic (exact) mass is 267 g/mol. The van der Waals surface area contributed by atoms with Crippen molar-refractivity contribution < 1.29 is 19.0 Å². The van der Waals surface area contributed by atoms with Crippen molar-refractivity contribution in [2.24, 2.45) is 5.73 Å². The molecule has 0 aliphatic rings. The van der Waals surface area contributed by atoms with Crippen molar-refractivity contribution in [1.82, 2.24) is 0 Å². The van der Waals surface area contributed by atoms with Crippen LogP contribution in [0.2, 0.25) is 0 Å². The number of aliphatic carboxylic acids is 1. The lowest BCUT2D eigenvalue weighted by Gasteiger charge is -2.10. The van der Waals surface area contributed by atoms with Crippen LogP contribution in [0.25, 0.3) is 0 Å². The minimum atomic E-state index is -1.19. The molecule has 0 saturated carbocycles. The van der Waals surface area contributed by atoms with Crippen LogP contribution in [0, 0.1) is 0 Å². The molecular formula is C9H17NO4S2. The zero-order valence-corrected chi connectivity index (χ0v) is 10.5. The fraction of sp³-hybridized carbons (Fsp3) is 0.444. The first-order valence-corrected chi connectivity index (χ1v) is 6.74. The van der Waals surface area contributed by atoms with Gasteiger partial charge < -0.3 is 19.9 Å². The molecule has 94 valence electrons. The molecule has 4 N–H and O–H groups in total. The molecule has 0 amide bonds. The summed E-state index contributed by atoms with van der Waals surface area (Å²) in [4.78, 5) is 10.2. The van der Waals surface area contributed by atoms with Crippen LogP contribution in [0.1, 0.15) is 0 Å². The van der Waals surface area contributed by atoms with Gasteiger partial charge in [-0.05, 0) is 29.3 Å². The smallest absolute Gasteiger partial charge is 0.325 e. The predicted octanol–water partition coefficient (Wildman–Crippen LogP) is 0.712. The number of rotatable bonds is 7. The summed E-state index contributed by atoms with van der Waals surface area (Å²) in [7, 11) is 0. The van der Waals surface area contributed by atoms with Crippen molar-refractivity contribution in [2.45, 2.75) is 6.04 Å². The molecule has 0 rings (SSSR count). The summed E-state index contributed by atoms with van der Waals surface area (Å²) in [6, 6.07) is -1.03. The summed E-state index contributed by atoms with van der Waals surface area (Å²) in [5.74, 6) is -0.218. The topological polar surface area (TPSA) is 107 Å². The summed E-state index contributed by atoms with van der Waals surface area (Å²) in [6.07, 6.45) is 3.12. The number of hydrogen-bond donors (Lipinski definition) is 3. The van der Waals surface area contributed by atoms with E-state index >= 15 is 0 Å². The second-order valence-corrected chi connectivity index (χ2v) is 4.73. The standard InChI is InChI=1S/C6H11NO3S.C3H6OS/c1-2-3-11(10)4-5(7)6(8)9;1-2-3-5-4/h2,5H,1,3-4,7H2,(H,8,9);2,4H,1,3H2/t5-,11?;/m0./s1. The van der Waals surface area contributed by atoms with Gasteiger partial charge in [-0.1, -0.05) is 12.7 Å². The maximum Gasteiger partial charge on any atom is 0.325 e.